The summed E-state index contributed by atoms with van der Waals surface area (Å²) >= 11 is 5.07. The molecule has 0 radical (unpaired) electrons. The number of benzene rings is 1. The summed E-state index contributed by atoms with van der Waals surface area (Å²) in [7, 11) is 0. The molecule has 84 valence electrons. The molecule has 2 aromatic rings. The van der Waals surface area contributed by atoms with Crippen LogP contribution in [0, 0.1) is 0 Å². The van der Waals surface area contributed by atoms with Crippen LogP contribution in [0.15, 0.2) is 39.1 Å². The lowest BCUT2D eigenvalue weighted by molar-refractivity contribution is 0.802. The first-order valence-electron chi connectivity index (χ1n) is 5.13. The Labute approximate surface area is 107 Å². The van der Waals surface area contributed by atoms with Gasteiger partial charge in [0.05, 0.1) is 5.69 Å². The number of hydrogen-bond donors (Lipinski definition) is 1. The molecule has 2 rings (SSSR count). The zero-order valence-corrected chi connectivity index (χ0v) is 11.6. The molecule has 1 N–H and O–H groups in total. The van der Waals surface area contributed by atoms with E-state index in [0.717, 1.165) is 15.0 Å². The van der Waals surface area contributed by atoms with E-state index >= 15 is 0 Å². The Balaban J connectivity index is 2.35. The minimum absolute atomic E-state index is 0.327. The number of halogens is 1. The summed E-state index contributed by atoms with van der Waals surface area (Å²) in [4.78, 5) is 8.77. The molecule has 16 heavy (non-hydrogen) atoms. The third kappa shape index (κ3) is 2.83. The lowest BCUT2D eigenvalue weighted by Crippen LogP contribution is -2.03. The van der Waals surface area contributed by atoms with E-state index in [1.54, 1.807) is 11.3 Å². The van der Waals surface area contributed by atoms with Crippen molar-refractivity contribution in [2.45, 2.75) is 19.9 Å². The van der Waals surface area contributed by atoms with Crippen LogP contribution in [-0.2, 0) is 0 Å². The predicted molar refractivity (Wildman–Crippen MR) is 72.5 cm³/mol. The average Bonchev–Trinajstić information content (AvgIpc) is 2.66. The second-order valence-corrected chi connectivity index (χ2v) is 5.58. The number of nitrogens with one attached hydrogen (secondary N) is 1. The second-order valence-electron chi connectivity index (χ2n) is 3.81. The highest BCUT2D eigenvalue weighted by Gasteiger charge is 1.99. The fraction of sp³-hybridized carbons (Fsp3) is 0.250. The van der Waals surface area contributed by atoms with E-state index < -0.39 is 0 Å². The topological polar surface area (TPSA) is 28.1 Å². The Kier molecular flexibility index (Phi) is 3.61. The Hall–Kier alpha value is -0.870. The molecule has 0 aliphatic heterocycles. The van der Waals surface area contributed by atoms with Crippen molar-refractivity contribution in [3.8, 4) is 11.3 Å². The highest BCUT2D eigenvalue weighted by Crippen LogP contribution is 2.19. The fourth-order valence-corrected chi connectivity index (χ4v) is 2.49. The predicted octanol–water partition coefficient (Wildman–Crippen LogP) is 3.81. The van der Waals surface area contributed by atoms with Gasteiger partial charge in [0.25, 0.3) is 0 Å². The smallest absolute Gasteiger partial charge is 0.182 e. The van der Waals surface area contributed by atoms with Gasteiger partial charge >= 0.3 is 0 Å². The van der Waals surface area contributed by atoms with E-state index in [1.807, 2.05) is 12.1 Å². The van der Waals surface area contributed by atoms with Crippen LogP contribution in [0.25, 0.3) is 11.3 Å². The standard InChI is InChI=1S/C12H13BrN2S/c1-8(2)14-12-15-11(7-16-12)9-3-5-10(13)6-4-9/h3-8H,1-2H3,(H,14,15). The van der Waals surface area contributed by atoms with E-state index in [4.69, 9.17) is 0 Å². The molecule has 0 bridgehead atoms. The molecule has 0 aliphatic carbocycles. The number of hydrogen-bond acceptors (Lipinski definition) is 2. The van der Waals surface area contributed by atoms with Gasteiger partial charge in [-0.3, -0.25) is 4.99 Å². The Morgan fingerprint density at radius 2 is 1.94 bits per heavy atom. The summed E-state index contributed by atoms with van der Waals surface area (Å²) in [6.07, 6.45) is 0. The minimum Gasteiger partial charge on any atom is -0.331 e. The first kappa shape index (κ1) is 11.6. The van der Waals surface area contributed by atoms with Crippen LogP contribution in [-0.4, -0.2) is 11.0 Å². The Bertz CT molecular complexity index is 522. The van der Waals surface area contributed by atoms with Gasteiger partial charge < -0.3 is 4.98 Å². The third-order valence-electron chi connectivity index (χ3n) is 2.06. The van der Waals surface area contributed by atoms with Crippen molar-refractivity contribution in [1.29, 1.82) is 0 Å². The highest BCUT2D eigenvalue weighted by atomic mass is 79.9. The molecule has 0 atom stereocenters. The fourth-order valence-electron chi connectivity index (χ4n) is 1.36. The van der Waals surface area contributed by atoms with Crippen LogP contribution in [0.2, 0.25) is 0 Å². The summed E-state index contributed by atoms with van der Waals surface area (Å²) in [6, 6.07) is 8.58. The maximum atomic E-state index is 4.48. The molecule has 0 saturated carbocycles. The Morgan fingerprint density at radius 1 is 1.25 bits per heavy atom. The van der Waals surface area contributed by atoms with Crippen LogP contribution >= 0.6 is 27.3 Å². The molecule has 0 unspecified atom stereocenters. The molecular weight excluding hydrogens is 284 g/mol. The lowest BCUT2D eigenvalue weighted by Gasteiger charge is -1.96. The summed E-state index contributed by atoms with van der Waals surface area (Å²) in [5.41, 5.74) is 2.31. The second kappa shape index (κ2) is 4.97. The molecule has 2 nitrogen and oxygen atoms in total. The van der Waals surface area contributed by atoms with E-state index in [9.17, 15) is 0 Å². The molecule has 1 aromatic heterocycles. The quantitative estimate of drug-likeness (QED) is 0.873. The van der Waals surface area contributed by atoms with Crippen LogP contribution in [0.1, 0.15) is 13.8 Å². The van der Waals surface area contributed by atoms with Crippen molar-refractivity contribution in [1.82, 2.24) is 4.98 Å². The molecule has 1 aromatic carbocycles. The van der Waals surface area contributed by atoms with Gasteiger partial charge in [-0.05, 0) is 31.5 Å². The van der Waals surface area contributed by atoms with Crippen LogP contribution in [0.3, 0.4) is 0 Å². The van der Waals surface area contributed by atoms with Crippen molar-refractivity contribution in [3.63, 3.8) is 0 Å². The summed E-state index contributed by atoms with van der Waals surface area (Å²) < 4.78 is 1.10. The molecule has 0 saturated heterocycles. The number of H-pyrrole nitrogens is 1. The summed E-state index contributed by atoms with van der Waals surface area (Å²) in [5, 5.41) is 2.10. The molecule has 0 amide bonds. The minimum atomic E-state index is 0.327. The van der Waals surface area contributed by atoms with Gasteiger partial charge in [-0.2, -0.15) is 0 Å². The van der Waals surface area contributed by atoms with E-state index in [-0.39, 0.29) is 0 Å². The zero-order chi connectivity index (χ0) is 11.5. The normalized spacial score (nSPS) is 12.4. The number of aromatic amines is 1. The van der Waals surface area contributed by atoms with Gasteiger partial charge in [0.2, 0.25) is 0 Å². The van der Waals surface area contributed by atoms with E-state index in [0.29, 0.717) is 6.04 Å². The maximum absolute atomic E-state index is 4.48. The number of rotatable bonds is 2. The zero-order valence-electron chi connectivity index (χ0n) is 9.20. The Morgan fingerprint density at radius 3 is 2.56 bits per heavy atom. The first-order valence-corrected chi connectivity index (χ1v) is 6.80. The highest BCUT2D eigenvalue weighted by molar-refractivity contribution is 9.10. The molecule has 0 fully saturated rings. The summed E-state index contributed by atoms with van der Waals surface area (Å²) in [6.45, 7) is 4.15. The third-order valence-corrected chi connectivity index (χ3v) is 3.37. The van der Waals surface area contributed by atoms with Gasteiger partial charge in [0, 0.05) is 15.9 Å². The van der Waals surface area contributed by atoms with Gasteiger partial charge in [-0.1, -0.05) is 28.1 Å². The molecule has 4 heteroatoms. The van der Waals surface area contributed by atoms with E-state index in [2.05, 4.69) is 57.3 Å². The van der Waals surface area contributed by atoms with Crippen molar-refractivity contribution < 1.29 is 0 Å². The van der Waals surface area contributed by atoms with Crippen molar-refractivity contribution in [2.75, 3.05) is 0 Å². The van der Waals surface area contributed by atoms with Crippen molar-refractivity contribution in [3.05, 3.63) is 38.9 Å². The van der Waals surface area contributed by atoms with Gasteiger partial charge in [0.1, 0.15) is 0 Å². The molecular formula is C12H13BrN2S. The van der Waals surface area contributed by atoms with Crippen LogP contribution in [0.4, 0.5) is 0 Å². The molecule has 1 heterocycles. The number of nitrogens with zero attached hydrogens (tertiary/aromatic N) is 1. The lowest BCUT2D eigenvalue weighted by atomic mass is 10.2. The summed E-state index contributed by atoms with van der Waals surface area (Å²) in [5.74, 6) is 0. The monoisotopic (exact) mass is 296 g/mol. The van der Waals surface area contributed by atoms with Gasteiger partial charge in [0.15, 0.2) is 4.80 Å². The number of thiazole rings is 1. The largest absolute Gasteiger partial charge is 0.331 e. The number of aromatic nitrogens is 1. The van der Waals surface area contributed by atoms with Gasteiger partial charge in [-0.15, -0.1) is 11.3 Å². The first-order chi connectivity index (χ1) is 7.65. The molecule has 0 spiro atoms. The van der Waals surface area contributed by atoms with Crippen molar-refractivity contribution >= 4 is 27.3 Å². The van der Waals surface area contributed by atoms with Gasteiger partial charge in [-0.25, -0.2) is 0 Å². The molecule has 0 aliphatic rings. The average molecular weight is 297 g/mol. The maximum Gasteiger partial charge on any atom is 0.182 e. The van der Waals surface area contributed by atoms with Crippen LogP contribution < -0.4 is 4.80 Å². The van der Waals surface area contributed by atoms with Crippen molar-refractivity contribution in [2.24, 2.45) is 4.99 Å². The van der Waals surface area contributed by atoms with E-state index in [1.165, 1.54) is 5.56 Å². The van der Waals surface area contributed by atoms with Crippen LogP contribution in [0.5, 0.6) is 0 Å². The SMILES string of the molecule is CC(C)N=c1[nH]c(-c2ccc(Br)cc2)cs1.